The highest BCUT2D eigenvalue weighted by Gasteiger charge is 2.35. The summed E-state index contributed by atoms with van der Waals surface area (Å²) in [4.78, 5) is 16.0. The number of nitrogens with zero attached hydrogens (tertiary/aromatic N) is 2. The molecule has 2 saturated heterocycles. The highest BCUT2D eigenvalue weighted by atomic mass is 79.9. The molecule has 2 fully saturated rings. The summed E-state index contributed by atoms with van der Waals surface area (Å²) in [6, 6.07) is 8.99. The number of hydrogen-bond donors (Lipinski definition) is 1. The minimum absolute atomic E-state index is 0.106. The van der Waals surface area contributed by atoms with Crippen molar-refractivity contribution in [3.63, 3.8) is 0 Å². The van der Waals surface area contributed by atoms with Crippen LogP contribution in [0.4, 0.5) is 4.79 Å². The molecule has 2 amide bonds. The van der Waals surface area contributed by atoms with Gasteiger partial charge in [0.1, 0.15) is 0 Å². The molecule has 5 heteroatoms. The maximum absolute atomic E-state index is 11.6. The smallest absolute Gasteiger partial charge is 0.317 e. The Hall–Kier alpha value is -1.07. The first kappa shape index (κ1) is 13.9. The van der Waals surface area contributed by atoms with Crippen molar-refractivity contribution in [3.8, 4) is 0 Å². The Kier molecular flexibility index (Phi) is 3.98. The molecule has 2 aliphatic heterocycles. The highest BCUT2D eigenvalue weighted by molar-refractivity contribution is 9.10. The molecule has 0 bridgehead atoms. The lowest BCUT2D eigenvalue weighted by Gasteiger charge is -2.37. The van der Waals surface area contributed by atoms with Crippen molar-refractivity contribution < 1.29 is 4.79 Å². The van der Waals surface area contributed by atoms with Crippen LogP contribution in [-0.2, 0) is 0 Å². The van der Waals surface area contributed by atoms with Crippen LogP contribution in [0.5, 0.6) is 0 Å². The molecule has 1 N–H and O–H groups in total. The van der Waals surface area contributed by atoms with Crippen molar-refractivity contribution in [2.75, 3.05) is 32.7 Å². The molecule has 0 saturated carbocycles. The predicted octanol–water partition coefficient (Wildman–Crippen LogP) is 2.26. The Morgan fingerprint density at radius 3 is 3.10 bits per heavy atom. The molecule has 108 valence electrons. The highest BCUT2D eigenvalue weighted by Crippen LogP contribution is 2.22. The van der Waals surface area contributed by atoms with E-state index in [0.29, 0.717) is 12.0 Å². The second kappa shape index (κ2) is 5.74. The average Bonchev–Trinajstić information content (AvgIpc) is 2.80. The summed E-state index contributed by atoms with van der Waals surface area (Å²) in [5.74, 6) is 0.504. The summed E-state index contributed by atoms with van der Waals surface area (Å²) < 4.78 is 1.14. The fourth-order valence-corrected chi connectivity index (χ4v) is 3.56. The van der Waals surface area contributed by atoms with E-state index in [9.17, 15) is 4.79 Å². The Morgan fingerprint density at radius 1 is 1.45 bits per heavy atom. The molecule has 2 aliphatic rings. The first-order valence-electron chi connectivity index (χ1n) is 7.16. The lowest BCUT2D eigenvalue weighted by atomic mass is 10.00. The number of rotatable bonds is 3. The van der Waals surface area contributed by atoms with Crippen LogP contribution in [0.25, 0.3) is 0 Å². The van der Waals surface area contributed by atoms with Gasteiger partial charge in [-0.05, 0) is 23.6 Å². The van der Waals surface area contributed by atoms with Gasteiger partial charge in [-0.1, -0.05) is 35.0 Å². The van der Waals surface area contributed by atoms with Gasteiger partial charge in [0.05, 0.1) is 6.04 Å². The molecule has 0 aromatic heterocycles. The summed E-state index contributed by atoms with van der Waals surface area (Å²) in [7, 11) is 0. The summed E-state index contributed by atoms with van der Waals surface area (Å²) in [5.41, 5.74) is 1.36. The molecule has 0 unspecified atom stereocenters. The van der Waals surface area contributed by atoms with Crippen molar-refractivity contribution in [2.45, 2.75) is 18.9 Å². The maximum Gasteiger partial charge on any atom is 0.317 e. The molecule has 2 atom stereocenters. The number of fused-ring (bicyclic) bond motifs is 1. The van der Waals surface area contributed by atoms with Crippen molar-refractivity contribution >= 4 is 22.0 Å². The number of piperazine rings is 1. The molecular formula is C15H20BrN3O. The first-order valence-corrected chi connectivity index (χ1v) is 7.95. The second-order valence-corrected chi connectivity index (χ2v) is 6.66. The van der Waals surface area contributed by atoms with Gasteiger partial charge < -0.3 is 10.2 Å². The van der Waals surface area contributed by atoms with E-state index >= 15 is 0 Å². The number of hydrogen-bond acceptors (Lipinski definition) is 2. The van der Waals surface area contributed by atoms with E-state index in [-0.39, 0.29) is 6.03 Å². The Bertz CT molecular complexity index is 508. The third-order valence-electron chi connectivity index (χ3n) is 4.27. The van der Waals surface area contributed by atoms with Crippen LogP contribution >= 0.6 is 15.9 Å². The molecule has 0 radical (unpaired) electrons. The first-order chi connectivity index (χ1) is 9.63. The van der Waals surface area contributed by atoms with Crippen LogP contribution < -0.4 is 5.32 Å². The van der Waals surface area contributed by atoms with Gasteiger partial charge in [-0.25, -0.2) is 4.79 Å². The van der Waals surface area contributed by atoms with E-state index in [1.165, 1.54) is 5.56 Å². The summed E-state index contributed by atoms with van der Waals surface area (Å²) in [6.07, 6.45) is 0. The van der Waals surface area contributed by atoms with Gasteiger partial charge in [-0.2, -0.15) is 0 Å². The Labute approximate surface area is 128 Å². The number of urea groups is 1. The van der Waals surface area contributed by atoms with Crippen molar-refractivity contribution in [3.05, 3.63) is 34.3 Å². The Balaban J connectivity index is 1.60. The van der Waals surface area contributed by atoms with Gasteiger partial charge in [0.15, 0.2) is 0 Å². The molecule has 20 heavy (non-hydrogen) atoms. The normalized spacial score (nSPS) is 24.4. The van der Waals surface area contributed by atoms with Gasteiger partial charge in [0, 0.05) is 37.2 Å². The molecule has 0 aliphatic carbocycles. The molecule has 2 heterocycles. The monoisotopic (exact) mass is 337 g/mol. The van der Waals surface area contributed by atoms with E-state index in [1.807, 2.05) is 4.90 Å². The number of benzene rings is 1. The maximum atomic E-state index is 11.6. The lowest BCUT2D eigenvalue weighted by molar-refractivity contribution is 0.117. The fraction of sp³-hybridized carbons (Fsp3) is 0.533. The Morgan fingerprint density at radius 2 is 2.30 bits per heavy atom. The van der Waals surface area contributed by atoms with Gasteiger partial charge >= 0.3 is 6.03 Å². The van der Waals surface area contributed by atoms with Crippen LogP contribution in [0, 0.1) is 0 Å². The summed E-state index contributed by atoms with van der Waals surface area (Å²) in [6.45, 7) is 6.92. The topological polar surface area (TPSA) is 35.6 Å². The molecule has 4 nitrogen and oxygen atoms in total. The van der Waals surface area contributed by atoms with E-state index in [2.05, 4.69) is 57.3 Å². The largest absolute Gasteiger partial charge is 0.336 e. The van der Waals surface area contributed by atoms with Gasteiger partial charge in [-0.3, -0.25) is 4.90 Å². The van der Waals surface area contributed by atoms with Crippen LogP contribution in [0.1, 0.15) is 18.4 Å². The van der Waals surface area contributed by atoms with E-state index in [0.717, 1.165) is 37.2 Å². The third kappa shape index (κ3) is 2.83. The number of carbonyl (C=O) groups excluding carboxylic acids is 1. The predicted molar refractivity (Wildman–Crippen MR) is 82.9 cm³/mol. The zero-order valence-corrected chi connectivity index (χ0v) is 13.3. The molecule has 0 spiro atoms. The quantitative estimate of drug-likeness (QED) is 0.918. The molecular weight excluding hydrogens is 318 g/mol. The lowest BCUT2D eigenvalue weighted by Crippen LogP contribution is -2.52. The SMILES string of the molecule is C[C@H](CN1CCN2C(=O)NC[C@H]2C1)c1cccc(Br)c1. The van der Waals surface area contributed by atoms with Crippen LogP contribution in [0.3, 0.4) is 0 Å². The molecule has 1 aromatic carbocycles. The average molecular weight is 338 g/mol. The zero-order valence-electron chi connectivity index (χ0n) is 11.7. The van der Waals surface area contributed by atoms with Crippen molar-refractivity contribution in [1.29, 1.82) is 0 Å². The summed E-state index contributed by atoms with van der Waals surface area (Å²) >= 11 is 3.53. The van der Waals surface area contributed by atoms with Gasteiger partial charge in [-0.15, -0.1) is 0 Å². The third-order valence-corrected chi connectivity index (χ3v) is 4.76. The van der Waals surface area contributed by atoms with Crippen LogP contribution in [0.2, 0.25) is 0 Å². The number of amides is 2. The van der Waals surface area contributed by atoms with E-state index < -0.39 is 0 Å². The van der Waals surface area contributed by atoms with E-state index in [1.54, 1.807) is 0 Å². The van der Waals surface area contributed by atoms with Crippen molar-refractivity contribution in [1.82, 2.24) is 15.1 Å². The second-order valence-electron chi connectivity index (χ2n) is 5.75. The minimum Gasteiger partial charge on any atom is -0.336 e. The van der Waals surface area contributed by atoms with Crippen LogP contribution in [0.15, 0.2) is 28.7 Å². The molecule has 3 rings (SSSR count). The van der Waals surface area contributed by atoms with E-state index in [4.69, 9.17) is 0 Å². The fourth-order valence-electron chi connectivity index (χ4n) is 3.14. The van der Waals surface area contributed by atoms with Crippen LogP contribution in [-0.4, -0.2) is 54.6 Å². The summed E-state index contributed by atoms with van der Waals surface area (Å²) in [5, 5.41) is 2.93. The molecule has 1 aromatic rings. The zero-order chi connectivity index (χ0) is 14.1. The minimum atomic E-state index is 0.106. The van der Waals surface area contributed by atoms with Gasteiger partial charge in [0.2, 0.25) is 0 Å². The van der Waals surface area contributed by atoms with Crippen molar-refractivity contribution in [2.24, 2.45) is 0 Å². The number of carbonyl (C=O) groups is 1. The number of halogens is 1. The number of nitrogens with one attached hydrogen (secondary N) is 1. The standard InChI is InChI=1S/C15H20BrN3O/c1-11(12-3-2-4-13(16)7-12)9-18-5-6-19-14(10-18)8-17-15(19)20/h2-4,7,11,14H,5-6,8-10H2,1H3,(H,17,20)/t11-,14+/m1/s1. The van der Waals surface area contributed by atoms with Gasteiger partial charge in [0.25, 0.3) is 0 Å².